The quantitative estimate of drug-likeness (QED) is 0.815. The first-order valence-corrected chi connectivity index (χ1v) is 6.34. The molecule has 1 unspecified atom stereocenters. The van der Waals surface area contributed by atoms with Crippen LogP contribution in [0.1, 0.15) is 24.5 Å². The Morgan fingerprint density at radius 3 is 2.50 bits per heavy atom. The van der Waals surface area contributed by atoms with Crippen molar-refractivity contribution in [1.82, 2.24) is 4.90 Å². The molecule has 0 bridgehead atoms. The molecule has 1 atom stereocenters. The normalized spacial score (nSPS) is 15.8. The number of rotatable bonds is 3. The van der Waals surface area contributed by atoms with Gasteiger partial charge in [0.25, 0.3) is 0 Å². The fourth-order valence-electron chi connectivity index (χ4n) is 2.51. The summed E-state index contributed by atoms with van der Waals surface area (Å²) in [5.41, 5.74) is 2.58. The van der Waals surface area contributed by atoms with Crippen LogP contribution in [0.25, 0.3) is 0 Å². The third-order valence-electron chi connectivity index (χ3n) is 3.80. The van der Waals surface area contributed by atoms with E-state index in [-0.39, 0.29) is 17.9 Å². The van der Waals surface area contributed by atoms with E-state index in [9.17, 15) is 4.79 Å². The van der Waals surface area contributed by atoms with E-state index in [0.717, 1.165) is 12.8 Å². The van der Waals surface area contributed by atoms with Gasteiger partial charge in [-0.1, -0.05) is 24.3 Å². The third kappa shape index (κ3) is 2.38. The Labute approximate surface area is 108 Å². The van der Waals surface area contributed by atoms with Crippen LogP contribution in [-0.2, 0) is 17.6 Å². The van der Waals surface area contributed by atoms with Gasteiger partial charge < -0.3 is 4.90 Å². The number of fused-ring (bicyclic) bond motifs is 1. The van der Waals surface area contributed by atoms with Crippen LogP contribution in [0.4, 0.5) is 0 Å². The lowest BCUT2D eigenvalue weighted by Crippen LogP contribution is -2.39. The standard InChI is InChI=1S/C15H18N2O/c1-11(7-8-16)17(2)15(18)14-9-12-5-3-4-6-13(12)10-14/h3-6,11,14H,7,9-10H2,1-2H3. The van der Waals surface area contributed by atoms with E-state index in [4.69, 9.17) is 5.26 Å². The molecular weight excluding hydrogens is 224 g/mol. The summed E-state index contributed by atoms with van der Waals surface area (Å²) in [6, 6.07) is 10.3. The molecule has 18 heavy (non-hydrogen) atoms. The minimum absolute atomic E-state index is 0.00814. The Kier molecular flexibility index (Phi) is 3.66. The molecule has 0 saturated carbocycles. The average molecular weight is 242 g/mol. The first kappa shape index (κ1) is 12.6. The van der Waals surface area contributed by atoms with Crippen LogP contribution >= 0.6 is 0 Å². The van der Waals surface area contributed by atoms with E-state index in [2.05, 4.69) is 18.2 Å². The van der Waals surface area contributed by atoms with Crippen LogP contribution < -0.4 is 0 Å². The largest absolute Gasteiger partial charge is 0.342 e. The monoisotopic (exact) mass is 242 g/mol. The van der Waals surface area contributed by atoms with E-state index < -0.39 is 0 Å². The molecular formula is C15H18N2O. The Hall–Kier alpha value is -1.82. The highest BCUT2D eigenvalue weighted by Gasteiger charge is 2.30. The molecule has 0 heterocycles. The molecule has 0 spiro atoms. The summed E-state index contributed by atoms with van der Waals surface area (Å²) >= 11 is 0. The van der Waals surface area contributed by atoms with Gasteiger partial charge in [-0.2, -0.15) is 5.26 Å². The molecule has 1 aromatic carbocycles. The van der Waals surface area contributed by atoms with E-state index in [0.29, 0.717) is 6.42 Å². The molecule has 1 amide bonds. The zero-order chi connectivity index (χ0) is 13.1. The van der Waals surface area contributed by atoms with Gasteiger partial charge in [-0.05, 0) is 30.9 Å². The maximum Gasteiger partial charge on any atom is 0.226 e. The fourth-order valence-corrected chi connectivity index (χ4v) is 2.51. The lowest BCUT2D eigenvalue weighted by atomic mass is 10.0. The summed E-state index contributed by atoms with van der Waals surface area (Å²) in [6.45, 7) is 1.92. The zero-order valence-electron chi connectivity index (χ0n) is 10.9. The summed E-state index contributed by atoms with van der Waals surface area (Å²) in [4.78, 5) is 14.1. The number of hydrogen-bond acceptors (Lipinski definition) is 2. The minimum atomic E-state index is -0.00814. The number of nitrogens with zero attached hydrogens (tertiary/aromatic N) is 2. The van der Waals surface area contributed by atoms with Crippen molar-refractivity contribution < 1.29 is 4.79 Å². The van der Waals surface area contributed by atoms with Crippen molar-refractivity contribution in [2.75, 3.05) is 7.05 Å². The van der Waals surface area contributed by atoms with Gasteiger partial charge in [0, 0.05) is 19.0 Å². The van der Waals surface area contributed by atoms with Gasteiger partial charge in [-0.3, -0.25) is 4.79 Å². The van der Waals surface area contributed by atoms with Gasteiger partial charge >= 0.3 is 0 Å². The minimum Gasteiger partial charge on any atom is -0.342 e. The number of nitriles is 1. The first-order valence-electron chi connectivity index (χ1n) is 6.34. The SMILES string of the molecule is CC(CC#N)N(C)C(=O)C1Cc2ccccc2C1. The molecule has 1 aliphatic carbocycles. The molecule has 0 aliphatic heterocycles. The Morgan fingerprint density at radius 2 is 2.00 bits per heavy atom. The van der Waals surface area contributed by atoms with Crippen molar-refractivity contribution in [2.24, 2.45) is 5.92 Å². The van der Waals surface area contributed by atoms with E-state index in [1.165, 1.54) is 11.1 Å². The molecule has 3 nitrogen and oxygen atoms in total. The predicted molar refractivity (Wildman–Crippen MR) is 69.8 cm³/mol. The Balaban J connectivity index is 2.03. The molecule has 0 N–H and O–H groups in total. The molecule has 3 heteroatoms. The van der Waals surface area contributed by atoms with Gasteiger partial charge in [0.05, 0.1) is 12.5 Å². The highest BCUT2D eigenvalue weighted by atomic mass is 16.2. The second-order valence-corrected chi connectivity index (χ2v) is 5.03. The van der Waals surface area contributed by atoms with Crippen LogP contribution in [0.3, 0.4) is 0 Å². The number of benzene rings is 1. The van der Waals surface area contributed by atoms with E-state index in [1.807, 2.05) is 19.1 Å². The van der Waals surface area contributed by atoms with Gasteiger partial charge in [-0.25, -0.2) is 0 Å². The maximum absolute atomic E-state index is 12.3. The molecule has 1 aliphatic rings. The van der Waals surface area contributed by atoms with Crippen LogP contribution in [0.5, 0.6) is 0 Å². The van der Waals surface area contributed by atoms with Crippen LogP contribution in [0, 0.1) is 17.2 Å². The fraction of sp³-hybridized carbons (Fsp3) is 0.467. The van der Waals surface area contributed by atoms with Crippen molar-refractivity contribution in [2.45, 2.75) is 32.2 Å². The summed E-state index contributed by atoms with van der Waals surface area (Å²) in [5, 5.41) is 8.69. The molecule has 0 fully saturated rings. The lowest BCUT2D eigenvalue weighted by molar-refractivity contribution is -0.135. The molecule has 1 aromatic rings. The van der Waals surface area contributed by atoms with Crippen LogP contribution in [0.2, 0.25) is 0 Å². The van der Waals surface area contributed by atoms with Crippen molar-refractivity contribution in [3.8, 4) is 6.07 Å². The number of amides is 1. The summed E-state index contributed by atoms with van der Waals surface area (Å²) in [7, 11) is 1.80. The van der Waals surface area contributed by atoms with Gasteiger partial charge in [0.1, 0.15) is 0 Å². The zero-order valence-corrected chi connectivity index (χ0v) is 10.9. The second-order valence-electron chi connectivity index (χ2n) is 5.03. The number of carbonyl (C=O) groups excluding carboxylic acids is 1. The third-order valence-corrected chi connectivity index (χ3v) is 3.80. The van der Waals surface area contributed by atoms with Crippen molar-refractivity contribution in [1.29, 1.82) is 5.26 Å². The average Bonchev–Trinajstić information content (AvgIpc) is 2.81. The summed E-state index contributed by atoms with van der Waals surface area (Å²) < 4.78 is 0. The molecule has 0 radical (unpaired) electrons. The van der Waals surface area contributed by atoms with Gasteiger partial charge in [0.15, 0.2) is 0 Å². The van der Waals surface area contributed by atoms with Crippen molar-refractivity contribution in [3.05, 3.63) is 35.4 Å². The number of carbonyl (C=O) groups is 1. The smallest absolute Gasteiger partial charge is 0.226 e. The Bertz CT molecular complexity index is 465. The second kappa shape index (κ2) is 5.22. The maximum atomic E-state index is 12.3. The topological polar surface area (TPSA) is 44.1 Å². The molecule has 2 rings (SSSR count). The molecule has 94 valence electrons. The highest BCUT2D eigenvalue weighted by molar-refractivity contribution is 5.80. The molecule has 0 saturated heterocycles. The summed E-state index contributed by atoms with van der Waals surface area (Å²) in [6.07, 6.45) is 2.05. The first-order chi connectivity index (χ1) is 8.63. The van der Waals surface area contributed by atoms with Crippen molar-refractivity contribution in [3.63, 3.8) is 0 Å². The highest BCUT2D eigenvalue weighted by Crippen LogP contribution is 2.28. The Morgan fingerprint density at radius 1 is 1.44 bits per heavy atom. The predicted octanol–water partition coefficient (Wildman–Crippen LogP) is 2.16. The van der Waals surface area contributed by atoms with E-state index >= 15 is 0 Å². The van der Waals surface area contributed by atoms with Crippen molar-refractivity contribution >= 4 is 5.91 Å². The van der Waals surface area contributed by atoms with Gasteiger partial charge in [-0.15, -0.1) is 0 Å². The van der Waals surface area contributed by atoms with Gasteiger partial charge in [0.2, 0.25) is 5.91 Å². The lowest BCUT2D eigenvalue weighted by Gasteiger charge is -2.25. The number of hydrogen-bond donors (Lipinski definition) is 0. The van der Waals surface area contributed by atoms with Crippen LogP contribution in [0.15, 0.2) is 24.3 Å². The van der Waals surface area contributed by atoms with E-state index in [1.54, 1.807) is 11.9 Å². The van der Waals surface area contributed by atoms with Crippen LogP contribution in [-0.4, -0.2) is 23.9 Å². The molecule has 0 aromatic heterocycles. The summed E-state index contributed by atoms with van der Waals surface area (Å²) in [5.74, 6) is 0.211.